The van der Waals surface area contributed by atoms with Gasteiger partial charge in [0.2, 0.25) is 5.95 Å². The monoisotopic (exact) mass is 378 g/mol. The van der Waals surface area contributed by atoms with Crippen LogP contribution in [0.4, 0.5) is 5.95 Å². The van der Waals surface area contributed by atoms with Crippen molar-refractivity contribution in [1.29, 1.82) is 0 Å². The Kier molecular flexibility index (Phi) is 4.72. The van der Waals surface area contributed by atoms with Crippen LogP contribution in [-0.4, -0.2) is 27.1 Å². The Bertz CT molecular complexity index is 1100. The minimum absolute atomic E-state index is 0.188. The second kappa shape index (κ2) is 7.47. The maximum absolute atomic E-state index is 12.2. The van der Waals surface area contributed by atoms with Gasteiger partial charge in [-0.15, -0.1) is 10.2 Å². The van der Waals surface area contributed by atoms with E-state index < -0.39 is 0 Å². The Labute approximate surface area is 160 Å². The van der Waals surface area contributed by atoms with Crippen LogP contribution in [0.15, 0.2) is 72.9 Å². The summed E-state index contributed by atoms with van der Waals surface area (Å²) in [5.74, 6) is 0.429. The minimum Gasteiger partial charge on any atom is -0.482 e. The van der Waals surface area contributed by atoms with E-state index in [1.807, 2.05) is 54.6 Å². The van der Waals surface area contributed by atoms with Crippen LogP contribution in [0.2, 0.25) is 5.02 Å². The van der Waals surface area contributed by atoms with E-state index in [4.69, 9.17) is 16.3 Å². The summed E-state index contributed by atoms with van der Waals surface area (Å²) in [5.41, 5.74) is 2.68. The average Bonchev–Trinajstić information content (AvgIpc) is 3.10. The summed E-state index contributed by atoms with van der Waals surface area (Å²) < 4.78 is 7.23. The number of hydrogen-bond acceptors (Lipinski definition) is 4. The van der Waals surface area contributed by atoms with Crippen molar-refractivity contribution in [3.8, 4) is 16.9 Å². The number of aromatic nitrogens is 3. The van der Waals surface area contributed by atoms with Crippen LogP contribution in [0.5, 0.6) is 5.75 Å². The third-order valence-corrected chi connectivity index (χ3v) is 4.26. The van der Waals surface area contributed by atoms with Crippen LogP contribution in [0.3, 0.4) is 0 Å². The number of fused-ring (bicyclic) bond motifs is 1. The first-order chi connectivity index (χ1) is 13.2. The molecule has 0 aliphatic rings. The van der Waals surface area contributed by atoms with Crippen molar-refractivity contribution in [2.45, 2.75) is 0 Å². The van der Waals surface area contributed by atoms with Gasteiger partial charge in [-0.3, -0.25) is 14.5 Å². The van der Waals surface area contributed by atoms with E-state index in [1.165, 1.54) is 0 Å². The summed E-state index contributed by atoms with van der Waals surface area (Å²) in [6.07, 6.45) is 1.77. The molecular weight excluding hydrogens is 364 g/mol. The molecular formula is C20H15ClN4O2. The molecule has 4 rings (SSSR count). The van der Waals surface area contributed by atoms with Crippen LogP contribution in [0.1, 0.15) is 0 Å². The standard InChI is InChI=1S/C20H15ClN4O2/c21-16-12-15(14-6-2-1-3-7-14)9-10-17(16)27-13-19(26)22-20-24-23-18-8-4-5-11-25(18)20/h1-12H,13H2,(H,22,24,26). The van der Waals surface area contributed by atoms with Gasteiger partial charge >= 0.3 is 0 Å². The number of hydrogen-bond donors (Lipinski definition) is 1. The number of rotatable bonds is 5. The second-order valence-corrected chi connectivity index (χ2v) is 6.21. The Hall–Kier alpha value is -3.38. The van der Waals surface area contributed by atoms with Gasteiger partial charge in [-0.1, -0.05) is 54.1 Å². The van der Waals surface area contributed by atoms with E-state index >= 15 is 0 Å². The fourth-order valence-corrected chi connectivity index (χ4v) is 2.89. The topological polar surface area (TPSA) is 68.5 Å². The van der Waals surface area contributed by atoms with Crippen molar-refractivity contribution in [2.24, 2.45) is 0 Å². The van der Waals surface area contributed by atoms with Crippen molar-refractivity contribution in [2.75, 3.05) is 11.9 Å². The lowest BCUT2D eigenvalue weighted by molar-refractivity contribution is -0.118. The van der Waals surface area contributed by atoms with Crippen LogP contribution in [-0.2, 0) is 4.79 Å². The highest BCUT2D eigenvalue weighted by atomic mass is 35.5. The fourth-order valence-electron chi connectivity index (χ4n) is 2.66. The highest BCUT2D eigenvalue weighted by Crippen LogP contribution is 2.30. The molecule has 1 amide bonds. The van der Waals surface area contributed by atoms with E-state index in [1.54, 1.807) is 22.7 Å². The Morgan fingerprint density at radius 3 is 2.63 bits per heavy atom. The molecule has 7 heteroatoms. The lowest BCUT2D eigenvalue weighted by Gasteiger charge is -2.10. The molecule has 2 heterocycles. The molecule has 2 aromatic heterocycles. The third-order valence-electron chi connectivity index (χ3n) is 3.96. The number of amides is 1. The van der Waals surface area contributed by atoms with Gasteiger partial charge in [0.1, 0.15) is 5.75 Å². The first-order valence-electron chi connectivity index (χ1n) is 8.28. The summed E-state index contributed by atoms with van der Waals surface area (Å²) in [6, 6.07) is 20.8. The van der Waals surface area contributed by atoms with Gasteiger partial charge in [0.15, 0.2) is 12.3 Å². The van der Waals surface area contributed by atoms with Gasteiger partial charge in [-0.05, 0) is 35.4 Å². The molecule has 1 N–H and O–H groups in total. The lowest BCUT2D eigenvalue weighted by atomic mass is 10.1. The van der Waals surface area contributed by atoms with Gasteiger partial charge in [-0.2, -0.15) is 0 Å². The minimum atomic E-state index is -0.351. The Morgan fingerprint density at radius 2 is 1.81 bits per heavy atom. The number of nitrogens with one attached hydrogen (secondary N) is 1. The van der Waals surface area contributed by atoms with E-state index in [0.717, 1.165) is 11.1 Å². The first-order valence-corrected chi connectivity index (χ1v) is 8.66. The lowest BCUT2D eigenvalue weighted by Crippen LogP contribution is -2.21. The van der Waals surface area contributed by atoms with E-state index in [2.05, 4.69) is 15.5 Å². The molecule has 0 bridgehead atoms. The number of carbonyl (C=O) groups excluding carboxylic acids is 1. The second-order valence-electron chi connectivity index (χ2n) is 5.80. The number of pyridine rings is 1. The zero-order chi connectivity index (χ0) is 18.6. The average molecular weight is 379 g/mol. The Balaban J connectivity index is 1.42. The summed E-state index contributed by atoms with van der Waals surface area (Å²) in [7, 11) is 0. The summed E-state index contributed by atoms with van der Waals surface area (Å²) in [6.45, 7) is -0.188. The number of carbonyl (C=O) groups is 1. The number of nitrogens with zero attached hydrogens (tertiary/aromatic N) is 3. The molecule has 0 saturated heterocycles. The van der Waals surface area contributed by atoms with Crippen molar-refractivity contribution in [3.05, 3.63) is 77.9 Å². The molecule has 0 aliphatic carbocycles. The third kappa shape index (κ3) is 3.75. The molecule has 0 atom stereocenters. The molecule has 6 nitrogen and oxygen atoms in total. The molecule has 0 fully saturated rings. The zero-order valence-electron chi connectivity index (χ0n) is 14.2. The van der Waals surface area contributed by atoms with Crippen LogP contribution in [0.25, 0.3) is 16.8 Å². The molecule has 4 aromatic rings. The predicted molar refractivity (Wildman–Crippen MR) is 104 cm³/mol. The quantitative estimate of drug-likeness (QED) is 0.568. The van der Waals surface area contributed by atoms with E-state index in [9.17, 15) is 4.79 Å². The van der Waals surface area contributed by atoms with Crippen LogP contribution in [0, 0.1) is 0 Å². The van der Waals surface area contributed by atoms with Gasteiger partial charge < -0.3 is 4.74 Å². The van der Waals surface area contributed by atoms with Gasteiger partial charge in [0.05, 0.1) is 5.02 Å². The van der Waals surface area contributed by atoms with Crippen LogP contribution >= 0.6 is 11.6 Å². The molecule has 0 aliphatic heterocycles. The SMILES string of the molecule is O=C(COc1ccc(-c2ccccc2)cc1Cl)Nc1nnc2ccccn12. The predicted octanol–water partition coefficient (Wildman–Crippen LogP) is 4.07. The zero-order valence-corrected chi connectivity index (χ0v) is 14.9. The van der Waals surface area contributed by atoms with E-state index in [-0.39, 0.29) is 12.5 Å². The maximum Gasteiger partial charge on any atom is 0.264 e. The van der Waals surface area contributed by atoms with Gasteiger partial charge in [0, 0.05) is 6.20 Å². The molecule has 2 aromatic carbocycles. The van der Waals surface area contributed by atoms with E-state index in [0.29, 0.717) is 22.4 Å². The summed E-state index contributed by atoms with van der Waals surface area (Å²) in [4.78, 5) is 12.2. The van der Waals surface area contributed by atoms with Gasteiger partial charge in [0.25, 0.3) is 5.91 Å². The molecule has 0 saturated carbocycles. The molecule has 0 spiro atoms. The van der Waals surface area contributed by atoms with Crippen LogP contribution < -0.4 is 10.1 Å². The smallest absolute Gasteiger partial charge is 0.264 e. The number of benzene rings is 2. The molecule has 0 unspecified atom stereocenters. The number of anilines is 1. The van der Waals surface area contributed by atoms with Crippen molar-refractivity contribution >= 4 is 29.1 Å². The largest absolute Gasteiger partial charge is 0.482 e. The van der Waals surface area contributed by atoms with Crippen molar-refractivity contribution < 1.29 is 9.53 Å². The highest BCUT2D eigenvalue weighted by molar-refractivity contribution is 6.32. The number of ether oxygens (including phenoxy) is 1. The Morgan fingerprint density at radius 1 is 1.00 bits per heavy atom. The molecule has 27 heavy (non-hydrogen) atoms. The molecule has 0 radical (unpaired) electrons. The summed E-state index contributed by atoms with van der Waals surface area (Å²) >= 11 is 6.30. The maximum atomic E-state index is 12.2. The first kappa shape index (κ1) is 17.1. The van der Waals surface area contributed by atoms with Gasteiger partial charge in [-0.25, -0.2) is 0 Å². The fraction of sp³-hybridized carbons (Fsp3) is 0.0500. The molecule has 134 valence electrons. The normalized spacial score (nSPS) is 10.7. The number of halogens is 1. The van der Waals surface area contributed by atoms with Crippen molar-refractivity contribution in [3.63, 3.8) is 0 Å². The highest BCUT2D eigenvalue weighted by Gasteiger charge is 2.11. The summed E-state index contributed by atoms with van der Waals surface area (Å²) in [5, 5.41) is 11.0. The van der Waals surface area contributed by atoms with Crippen molar-refractivity contribution in [1.82, 2.24) is 14.6 Å².